The van der Waals surface area contributed by atoms with Gasteiger partial charge >= 0.3 is 6.18 Å². The lowest BCUT2D eigenvalue weighted by Crippen LogP contribution is -2.49. The van der Waals surface area contributed by atoms with Crippen LogP contribution in [-0.4, -0.2) is 47.2 Å². The number of hydrogen-bond acceptors (Lipinski definition) is 7. The maximum atomic E-state index is 14.6. The summed E-state index contributed by atoms with van der Waals surface area (Å²) in [5, 5.41) is 14.9. The largest absolute Gasteiger partial charge is 0.494 e. The Morgan fingerprint density at radius 1 is 1.19 bits per heavy atom. The number of halogens is 5. The van der Waals surface area contributed by atoms with Crippen molar-refractivity contribution in [3.05, 3.63) is 81.9 Å². The Morgan fingerprint density at radius 3 is 2.55 bits per heavy atom. The van der Waals surface area contributed by atoms with Crippen molar-refractivity contribution < 1.29 is 41.7 Å². The highest BCUT2D eigenvalue weighted by Gasteiger charge is 2.48. The van der Waals surface area contributed by atoms with Gasteiger partial charge in [-0.1, -0.05) is 24.1 Å². The van der Waals surface area contributed by atoms with Crippen LogP contribution in [0.25, 0.3) is 22.2 Å². The highest BCUT2D eigenvalue weighted by Crippen LogP contribution is 2.49. The number of nitrogens with one attached hydrogen (secondary N) is 1. The molecule has 1 saturated carbocycles. The summed E-state index contributed by atoms with van der Waals surface area (Å²) in [7, 11) is 1.30. The number of benzene rings is 2. The van der Waals surface area contributed by atoms with Crippen molar-refractivity contribution in [3.63, 3.8) is 0 Å². The molecule has 0 saturated heterocycles. The van der Waals surface area contributed by atoms with E-state index in [0.29, 0.717) is 24.6 Å². The minimum atomic E-state index is -4.65. The molecule has 4 aromatic rings. The van der Waals surface area contributed by atoms with Gasteiger partial charge in [0, 0.05) is 28.3 Å². The molecule has 246 valence electrons. The van der Waals surface area contributed by atoms with E-state index in [1.165, 1.54) is 37.4 Å². The molecule has 0 bridgehead atoms. The Kier molecular flexibility index (Phi) is 8.03. The van der Waals surface area contributed by atoms with E-state index in [9.17, 15) is 32.3 Å². The van der Waals surface area contributed by atoms with Crippen LogP contribution >= 0.6 is 11.6 Å². The average Bonchev–Trinajstić information content (AvgIpc) is 3.36. The van der Waals surface area contributed by atoms with Gasteiger partial charge in [-0.2, -0.15) is 13.2 Å². The number of alkyl halides is 3. The number of methoxy groups -OCH3 is 1. The number of hydrogen-bond donors (Lipinski definition) is 3. The first-order chi connectivity index (χ1) is 22.2. The van der Waals surface area contributed by atoms with E-state index in [-0.39, 0.29) is 69.0 Å². The number of nitrogens with two attached hydrogens (primary N) is 1. The van der Waals surface area contributed by atoms with Crippen molar-refractivity contribution in [2.24, 2.45) is 11.7 Å². The number of primary amides is 1. The molecule has 0 unspecified atom stereocenters. The normalized spacial score (nSPS) is 19.0. The van der Waals surface area contributed by atoms with Crippen LogP contribution < -0.4 is 20.5 Å². The molecule has 9 nitrogen and oxygen atoms in total. The Bertz CT molecular complexity index is 1940. The first kappa shape index (κ1) is 32.5. The lowest BCUT2D eigenvalue weighted by Gasteiger charge is -2.41. The summed E-state index contributed by atoms with van der Waals surface area (Å²) in [6.07, 6.45) is -1.97. The lowest BCUT2D eigenvalue weighted by atomic mass is 9.70. The summed E-state index contributed by atoms with van der Waals surface area (Å²) in [5.41, 5.74) is 2.67. The summed E-state index contributed by atoms with van der Waals surface area (Å²) in [4.78, 5) is 34.7. The van der Waals surface area contributed by atoms with Gasteiger partial charge in [0.15, 0.2) is 0 Å². The van der Waals surface area contributed by atoms with Gasteiger partial charge in [-0.05, 0) is 62.1 Å². The number of aromatic nitrogens is 2. The standard InChI is InChI=1S/C33H29ClF4N4O5/c1-31(30(39)44)15-47-28-21(31)12-25(42-27(28)16-6-7-22(34)23(35)10-16)32(45,19-4-3-5-19)14-41-29(43)18-8-17-9-20(33(36,37)38)13-40-26(17)24(11-18)46-2/h6-13,19,45H,3-5,14-15H2,1-2H3,(H2,39,44)(H,41,43)/t31-,32+/m0/s1. The predicted molar refractivity (Wildman–Crippen MR) is 164 cm³/mol. The van der Waals surface area contributed by atoms with Crippen molar-refractivity contribution in [1.29, 1.82) is 0 Å². The van der Waals surface area contributed by atoms with Crippen molar-refractivity contribution in [3.8, 4) is 22.8 Å². The highest BCUT2D eigenvalue weighted by molar-refractivity contribution is 6.30. The smallest absolute Gasteiger partial charge is 0.417 e. The van der Waals surface area contributed by atoms with Crippen LogP contribution in [0.15, 0.2) is 48.7 Å². The Labute approximate surface area is 271 Å². The summed E-state index contributed by atoms with van der Waals surface area (Å²) in [6.45, 7) is 1.12. The number of carbonyl (C=O) groups excluding carboxylic acids is 2. The fourth-order valence-corrected chi connectivity index (χ4v) is 6.07. The summed E-state index contributed by atoms with van der Waals surface area (Å²) >= 11 is 5.91. The van der Waals surface area contributed by atoms with Crippen molar-refractivity contribution in [1.82, 2.24) is 15.3 Å². The zero-order valence-corrected chi connectivity index (χ0v) is 25.9. The summed E-state index contributed by atoms with van der Waals surface area (Å²) < 4.78 is 66.0. The quantitative estimate of drug-likeness (QED) is 0.205. The molecule has 0 spiro atoms. The Morgan fingerprint density at radius 2 is 1.94 bits per heavy atom. The molecule has 0 radical (unpaired) electrons. The van der Waals surface area contributed by atoms with Gasteiger partial charge in [0.05, 0.1) is 29.9 Å². The highest BCUT2D eigenvalue weighted by atomic mass is 35.5. The number of fused-ring (bicyclic) bond motifs is 2. The van der Waals surface area contributed by atoms with Crippen LogP contribution in [0.1, 0.15) is 53.4 Å². The molecule has 2 atom stereocenters. The van der Waals surface area contributed by atoms with E-state index < -0.39 is 40.4 Å². The second-order valence-electron chi connectivity index (χ2n) is 12.1. The molecule has 47 heavy (non-hydrogen) atoms. The summed E-state index contributed by atoms with van der Waals surface area (Å²) in [5.74, 6) is -2.18. The molecular formula is C33H29ClF4N4O5. The van der Waals surface area contributed by atoms with Gasteiger partial charge in [-0.25, -0.2) is 9.37 Å². The molecule has 1 fully saturated rings. The monoisotopic (exact) mass is 672 g/mol. The van der Waals surface area contributed by atoms with Gasteiger partial charge in [0.25, 0.3) is 5.91 Å². The van der Waals surface area contributed by atoms with Gasteiger partial charge in [0.2, 0.25) is 5.91 Å². The van der Waals surface area contributed by atoms with Gasteiger partial charge in [0.1, 0.15) is 46.1 Å². The Hall–Kier alpha value is -4.49. The molecule has 4 N–H and O–H groups in total. The van der Waals surface area contributed by atoms with Gasteiger partial charge in [-0.15, -0.1) is 0 Å². The molecule has 2 amide bonds. The van der Waals surface area contributed by atoms with Crippen molar-refractivity contribution in [2.75, 3.05) is 20.3 Å². The molecule has 1 aliphatic carbocycles. The number of rotatable bonds is 8. The molecule has 3 heterocycles. The minimum Gasteiger partial charge on any atom is -0.494 e. The SMILES string of the molecule is COc1cc(C(=O)NC[C@](O)(c2cc3c(c(-c4ccc(Cl)c(F)c4)n2)OC[C@]3(C)C(N)=O)C2CCC2)cc2cc(C(F)(F)F)cnc12. The van der Waals surface area contributed by atoms with Crippen LogP contribution in [0, 0.1) is 11.7 Å². The number of pyridine rings is 2. The predicted octanol–water partition coefficient (Wildman–Crippen LogP) is 5.67. The first-order valence-electron chi connectivity index (χ1n) is 14.7. The second-order valence-corrected chi connectivity index (χ2v) is 12.5. The lowest BCUT2D eigenvalue weighted by molar-refractivity contribution is -0.137. The molecular weight excluding hydrogens is 644 g/mol. The zero-order chi connectivity index (χ0) is 33.9. The topological polar surface area (TPSA) is 137 Å². The molecule has 2 aliphatic rings. The maximum absolute atomic E-state index is 14.6. The molecule has 6 rings (SSSR count). The zero-order valence-electron chi connectivity index (χ0n) is 25.2. The van der Waals surface area contributed by atoms with E-state index >= 15 is 0 Å². The number of amides is 2. The third-order valence-electron chi connectivity index (χ3n) is 9.11. The van der Waals surface area contributed by atoms with E-state index in [1.54, 1.807) is 6.92 Å². The third-order valence-corrected chi connectivity index (χ3v) is 9.42. The van der Waals surface area contributed by atoms with E-state index in [2.05, 4.69) is 10.3 Å². The van der Waals surface area contributed by atoms with Gasteiger partial charge < -0.3 is 25.6 Å². The number of nitrogens with zero attached hydrogens (tertiary/aromatic N) is 2. The number of aliphatic hydroxyl groups is 1. The summed E-state index contributed by atoms with van der Waals surface area (Å²) in [6, 6.07) is 9.03. The third kappa shape index (κ3) is 5.61. The van der Waals surface area contributed by atoms with Crippen molar-refractivity contribution >= 4 is 34.3 Å². The molecule has 1 aliphatic heterocycles. The fraction of sp³-hybridized carbons (Fsp3) is 0.333. The number of ether oxygens (including phenoxy) is 2. The number of carbonyl (C=O) groups is 2. The van der Waals surface area contributed by atoms with Gasteiger partial charge in [-0.3, -0.25) is 14.6 Å². The second kappa shape index (κ2) is 11.6. The molecule has 2 aromatic carbocycles. The molecule has 14 heteroatoms. The molecule has 2 aromatic heterocycles. The van der Waals surface area contributed by atoms with Crippen LogP contribution in [0.5, 0.6) is 11.5 Å². The Balaban J connectivity index is 1.41. The maximum Gasteiger partial charge on any atom is 0.417 e. The minimum absolute atomic E-state index is 0.0274. The average molecular weight is 673 g/mol. The van der Waals surface area contributed by atoms with E-state index in [1.807, 2.05) is 0 Å². The van der Waals surface area contributed by atoms with Crippen LogP contribution in [0.2, 0.25) is 5.02 Å². The van der Waals surface area contributed by atoms with Crippen LogP contribution in [0.4, 0.5) is 17.6 Å². The first-order valence-corrected chi connectivity index (χ1v) is 15.0. The van der Waals surface area contributed by atoms with E-state index in [4.69, 9.17) is 31.8 Å². The van der Waals surface area contributed by atoms with Crippen LogP contribution in [0.3, 0.4) is 0 Å². The fourth-order valence-electron chi connectivity index (χ4n) is 5.95. The van der Waals surface area contributed by atoms with E-state index in [0.717, 1.165) is 18.6 Å². The van der Waals surface area contributed by atoms with Crippen LogP contribution in [-0.2, 0) is 22.0 Å². The van der Waals surface area contributed by atoms with Crippen molar-refractivity contribution in [2.45, 2.75) is 43.4 Å².